The van der Waals surface area contributed by atoms with Crippen LogP contribution in [0.2, 0.25) is 0 Å². The first-order valence-electron chi connectivity index (χ1n) is 4.90. The second-order valence-electron chi connectivity index (χ2n) is 3.28. The van der Waals surface area contributed by atoms with Gasteiger partial charge in [0, 0.05) is 19.0 Å². The van der Waals surface area contributed by atoms with Crippen LogP contribution in [-0.2, 0) is 9.59 Å². The van der Waals surface area contributed by atoms with Gasteiger partial charge in [-0.15, -0.1) is 0 Å². The number of carbonyl (C=O) groups excluding carboxylic acids is 2. The SMILES string of the molecule is CCC(=O)Nc1cc(NC(C)=O)ccc1F. The monoisotopic (exact) mass is 224 g/mol. The van der Waals surface area contributed by atoms with Crippen LogP contribution < -0.4 is 10.6 Å². The summed E-state index contributed by atoms with van der Waals surface area (Å²) < 4.78 is 13.3. The van der Waals surface area contributed by atoms with Gasteiger partial charge in [-0.05, 0) is 18.2 Å². The van der Waals surface area contributed by atoms with Crippen LogP contribution in [0.1, 0.15) is 20.3 Å². The lowest BCUT2D eigenvalue weighted by atomic mass is 10.2. The van der Waals surface area contributed by atoms with Gasteiger partial charge in [0.05, 0.1) is 5.69 Å². The zero-order valence-corrected chi connectivity index (χ0v) is 9.13. The van der Waals surface area contributed by atoms with Gasteiger partial charge in [0.15, 0.2) is 0 Å². The topological polar surface area (TPSA) is 58.2 Å². The Labute approximate surface area is 92.8 Å². The second-order valence-corrected chi connectivity index (χ2v) is 3.28. The molecule has 5 heteroatoms. The molecule has 1 rings (SSSR count). The molecule has 2 N–H and O–H groups in total. The molecule has 0 spiro atoms. The number of benzene rings is 1. The van der Waals surface area contributed by atoms with E-state index in [0.29, 0.717) is 5.69 Å². The fourth-order valence-electron chi connectivity index (χ4n) is 1.14. The van der Waals surface area contributed by atoms with Crippen LogP contribution in [0.25, 0.3) is 0 Å². The average molecular weight is 224 g/mol. The van der Waals surface area contributed by atoms with E-state index in [2.05, 4.69) is 10.6 Å². The lowest BCUT2D eigenvalue weighted by Crippen LogP contribution is -2.12. The Kier molecular flexibility index (Phi) is 3.99. The van der Waals surface area contributed by atoms with Gasteiger partial charge in [0.1, 0.15) is 5.82 Å². The number of carbonyl (C=O) groups is 2. The molecule has 2 amide bonds. The molecule has 86 valence electrons. The standard InChI is InChI=1S/C11H13FN2O2/c1-3-11(16)14-10-6-8(13-7(2)15)4-5-9(10)12/h4-6H,3H2,1-2H3,(H,13,15)(H,14,16). The second kappa shape index (κ2) is 5.25. The summed E-state index contributed by atoms with van der Waals surface area (Å²) >= 11 is 0. The van der Waals surface area contributed by atoms with Gasteiger partial charge in [-0.2, -0.15) is 0 Å². The highest BCUT2D eigenvalue weighted by molar-refractivity contribution is 5.93. The van der Waals surface area contributed by atoms with Crippen molar-refractivity contribution < 1.29 is 14.0 Å². The zero-order valence-electron chi connectivity index (χ0n) is 9.13. The molecule has 0 aromatic heterocycles. The molecule has 0 aliphatic heterocycles. The van der Waals surface area contributed by atoms with Crippen molar-refractivity contribution in [2.45, 2.75) is 20.3 Å². The third-order valence-corrected chi connectivity index (χ3v) is 1.88. The first kappa shape index (κ1) is 12.2. The maximum absolute atomic E-state index is 13.3. The van der Waals surface area contributed by atoms with Crippen LogP contribution >= 0.6 is 0 Å². The molecule has 0 aliphatic rings. The molecule has 0 bridgehead atoms. The van der Waals surface area contributed by atoms with Gasteiger partial charge >= 0.3 is 0 Å². The molecule has 0 saturated carbocycles. The van der Waals surface area contributed by atoms with Crippen molar-refractivity contribution in [1.82, 2.24) is 0 Å². The Hall–Kier alpha value is -1.91. The Bertz CT molecular complexity index is 418. The van der Waals surface area contributed by atoms with Crippen molar-refractivity contribution in [3.05, 3.63) is 24.0 Å². The summed E-state index contributed by atoms with van der Waals surface area (Å²) in [6.45, 7) is 3.03. The maximum Gasteiger partial charge on any atom is 0.224 e. The normalized spacial score (nSPS) is 9.69. The van der Waals surface area contributed by atoms with Crippen molar-refractivity contribution in [3.8, 4) is 0 Å². The van der Waals surface area contributed by atoms with Crippen LogP contribution in [0, 0.1) is 5.82 Å². The summed E-state index contributed by atoms with van der Waals surface area (Å²) in [4.78, 5) is 21.9. The first-order chi connectivity index (χ1) is 7.52. The van der Waals surface area contributed by atoms with Crippen LogP contribution in [0.15, 0.2) is 18.2 Å². The molecule has 0 fully saturated rings. The molecule has 0 unspecified atom stereocenters. The van der Waals surface area contributed by atoms with E-state index in [9.17, 15) is 14.0 Å². The minimum atomic E-state index is -0.532. The van der Waals surface area contributed by atoms with E-state index in [1.165, 1.54) is 25.1 Å². The Morgan fingerprint density at radius 2 is 2.00 bits per heavy atom. The van der Waals surface area contributed by atoms with E-state index >= 15 is 0 Å². The number of hydrogen-bond acceptors (Lipinski definition) is 2. The highest BCUT2D eigenvalue weighted by Gasteiger charge is 2.06. The quantitative estimate of drug-likeness (QED) is 0.826. The summed E-state index contributed by atoms with van der Waals surface area (Å²) in [6, 6.07) is 4.00. The molecule has 4 nitrogen and oxygen atoms in total. The van der Waals surface area contributed by atoms with Crippen molar-refractivity contribution in [3.63, 3.8) is 0 Å². The summed E-state index contributed by atoms with van der Waals surface area (Å²) in [6.07, 6.45) is 0.268. The van der Waals surface area contributed by atoms with Crippen molar-refractivity contribution >= 4 is 23.2 Å². The largest absolute Gasteiger partial charge is 0.326 e. The maximum atomic E-state index is 13.3. The van der Waals surface area contributed by atoms with E-state index in [-0.39, 0.29) is 23.9 Å². The summed E-state index contributed by atoms with van der Waals surface area (Å²) in [5.74, 6) is -1.06. The molecule has 1 aromatic carbocycles. The highest BCUT2D eigenvalue weighted by Crippen LogP contribution is 2.19. The zero-order chi connectivity index (χ0) is 12.1. The van der Waals surface area contributed by atoms with E-state index in [1.54, 1.807) is 6.92 Å². The van der Waals surface area contributed by atoms with Crippen molar-refractivity contribution in [2.75, 3.05) is 10.6 Å². The third-order valence-electron chi connectivity index (χ3n) is 1.88. The van der Waals surface area contributed by atoms with Crippen LogP contribution in [-0.4, -0.2) is 11.8 Å². The van der Waals surface area contributed by atoms with Crippen LogP contribution in [0.4, 0.5) is 15.8 Å². The van der Waals surface area contributed by atoms with E-state index in [0.717, 1.165) is 0 Å². The molecule has 0 saturated heterocycles. The number of halogens is 1. The molecular formula is C11H13FN2O2. The van der Waals surface area contributed by atoms with Gasteiger partial charge in [-0.25, -0.2) is 4.39 Å². The summed E-state index contributed by atoms with van der Waals surface area (Å²) in [5.41, 5.74) is 0.512. The number of hydrogen-bond donors (Lipinski definition) is 2. The van der Waals surface area contributed by atoms with E-state index in [1.807, 2.05) is 0 Å². The van der Waals surface area contributed by atoms with Gasteiger partial charge in [0.25, 0.3) is 0 Å². The van der Waals surface area contributed by atoms with Gasteiger partial charge in [0.2, 0.25) is 11.8 Å². The highest BCUT2D eigenvalue weighted by atomic mass is 19.1. The molecule has 0 heterocycles. The molecular weight excluding hydrogens is 211 g/mol. The number of nitrogens with one attached hydrogen (secondary N) is 2. The predicted molar refractivity (Wildman–Crippen MR) is 59.6 cm³/mol. The van der Waals surface area contributed by atoms with Gasteiger partial charge in [-0.3, -0.25) is 9.59 Å². The summed E-state index contributed by atoms with van der Waals surface area (Å²) in [5, 5.41) is 4.92. The van der Waals surface area contributed by atoms with Crippen molar-refractivity contribution in [1.29, 1.82) is 0 Å². The third kappa shape index (κ3) is 3.34. The van der Waals surface area contributed by atoms with Crippen molar-refractivity contribution in [2.24, 2.45) is 0 Å². The minimum Gasteiger partial charge on any atom is -0.326 e. The predicted octanol–water partition coefficient (Wildman–Crippen LogP) is 2.13. The lowest BCUT2D eigenvalue weighted by Gasteiger charge is -2.08. The minimum absolute atomic E-state index is 0.0677. The number of amides is 2. The smallest absolute Gasteiger partial charge is 0.224 e. The lowest BCUT2D eigenvalue weighted by molar-refractivity contribution is -0.116. The molecule has 16 heavy (non-hydrogen) atoms. The Morgan fingerprint density at radius 3 is 2.56 bits per heavy atom. The number of anilines is 2. The molecule has 0 aliphatic carbocycles. The molecule has 0 radical (unpaired) electrons. The molecule has 1 aromatic rings. The summed E-state index contributed by atoms with van der Waals surface area (Å²) in [7, 11) is 0. The first-order valence-corrected chi connectivity index (χ1v) is 4.90. The molecule has 0 atom stereocenters. The van der Waals surface area contributed by atoms with E-state index < -0.39 is 5.82 Å². The Morgan fingerprint density at radius 1 is 1.31 bits per heavy atom. The average Bonchev–Trinajstić information content (AvgIpc) is 2.22. The Balaban J connectivity index is 2.90. The van der Waals surface area contributed by atoms with E-state index in [4.69, 9.17) is 0 Å². The van der Waals surface area contributed by atoms with Gasteiger partial charge < -0.3 is 10.6 Å². The number of rotatable bonds is 3. The van der Waals surface area contributed by atoms with Crippen LogP contribution in [0.5, 0.6) is 0 Å². The fourth-order valence-corrected chi connectivity index (χ4v) is 1.14. The van der Waals surface area contributed by atoms with Gasteiger partial charge in [-0.1, -0.05) is 6.92 Å². The van der Waals surface area contributed by atoms with Crippen LogP contribution in [0.3, 0.4) is 0 Å². The fraction of sp³-hybridized carbons (Fsp3) is 0.273.